The van der Waals surface area contributed by atoms with Gasteiger partial charge < -0.3 is 0 Å². The van der Waals surface area contributed by atoms with Crippen molar-refractivity contribution in [2.45, 2.75) is 0 Å². The SMILES string of the molecule is [CH2]c1ccc(-n2c(=O)[nH]c(=O)c3ccccc32)cc1. The Bertz CT molecular complexity index is 858. The number of H-pyrrole nitrogens is 1. The molecule has 0 bridgehead atoms. The summed E-state index contributed by atoms with van der Waals surface area (Å²) in [5.41, 5.74) is 1.34. The minimum Gasteiger partial charge on any atom is -0.273 e. The number of para-hydroxylation sites is 1. The third kappa shape index (κ3) is 1.87. The summed E-state index contributed by atoms with van der Waals surface area (Å²) in [6, 6.07) is 14.3. The van der Waals surface area contributed by atoms with Crippen LogP contribution in [-0.2, 0) is 0 Å². The third-order valence-corrected chi connectivity index (χ3v) is 3.01. The van der Waals surface area contributed by atoms with Gasteiger partial charge in [-0.25, -0.2) is 4.79 Å². The lowest BCUT2D eigenvalue weighted by atomic mass is 10.2. The minimum atomic E-state index is -0.444. The molecule has 3 rings (SSSR count). The van der Waals surface area contributed by atoms with Crippen LogP contribution in [0, 0.1) is 6.92 Å². The van der Waals surface area contributed by atoms with E-state index in [2.05, 4.69) is 11.9 Å². The van der Waals surface area contributed by atoms with Gasteiger partial charge in [0.2, 0.25) is 0 Å². The lowest BCUT2D eigenvalue weighted by molar-refractivity contribution is 0.942. The van der Waals surface area contributed by atoms with Crippen molar-refractivity contribution in [1.29, 1.82) is 0 Å². The van der Waals surface area contributed by atoms with E-state index < -0.39 is 5.69 Å². The maximum absolute atomic E-state index is 12.0. The monoisotopic (exact) mass is 251 g/mol. The van der Waals surface area contributed by atoms with Crippen molar-refractivity contribution in [1.82, 2.24) is 9.55 Å². The van der Waals surface area contributed by atoms with Crippen LogP contribution in [0.1, 0.15) is 5.56 Å². The van der Waals surface area contributed by atoms with Gasteiger partial charge in [0.15, 0.2) is 0 Å². The van der Waals surface area contributed by atoms with Crippen molar-refractivity contribution >= 4 is 10.9 Å². The smallest absolute Gasteiger partial charge is 0.273 e. The minimum absolute atomic E-state index is 0.370. The summed E-state index contributed by atoms with van der Waals surface area (Å²) in [7, 11) is 0. The predicted octanol–water partition coefficient (Wildman–Crippen LogP) is 1.86. The second kappa shape index (κ2) is 4.24. The standard InChI is InChI=1S/C15H11N2O2/c1-10-6-8-11(9-7-10)17-13-5-3-2-4-12(13)14(18)16-15(17)19/h2-9H,1H2,(H,16,18,19). The Morgan fingerprint density at radius 1 is 0.947 bits per heavy atom. The Labute approximate surface area is 109 Å². The van der Waals surface area contributed by atoms with Crippen LogP contribution < -0.4 is 11.2 Å². The van der Waals surface area contributed by atoms with Gasteiger partial charge in [-0.15, -0.1) is 0 Å². The molecule has 3 aromatic rings. The summed E-state index contributed by atoms with van der Waals surface area (Å²) in [6.45, 7) is 3.81. The zero-order valence-corrected chi connectivity index (χ0v) is 10.1. The first-order valence-corrected chi connectivity index (χ1v) is 5.83. The number of rotatable bonds is 1. The first-order valence-electron chi connectivity index (χ1n) is 5.83. The molecule has 0 fully saturated rings. The number of benzene rings is 2. The average Bonchev–Trinajstić information content (AvgIpc) is 2.41. The molecule has 0 amide bonds. The van der Waals surface area contributed by atoms with Crippen LogP contribution in [0.4, 0.5) is 0 Å². The molecule has 0 atom stereocenters. The van der Waals surface area contributed by atoms with E-state index in [1.807, 2.05) is 12.1 Å². The van der Waals surface area contributed by atoms with E-state index in [4.69, 9.17) is 0 Å². The molecule has 4 heteroatoms. The highest BCUT2D eigenvalue weighted by atomic mass is 16.2. The van der Waals surface area contributed by atoms with E-state index in [0.29, 0.717) is 16.6 Å². The van der Waals surface area contributed by atoms with Crippen molar-refractivity contribution in [3.63, 3.8) is 0 Å². The van der Waals surface area contributed by atoms with E-state index in [9.17, 15) is 9.59 Å². The number of hydrogen-bond acceptors (Lipinski definition) is 2. The summed E-state index contributed by atoms with van der Waals surface area (Å²) in [6.07, 6.45) is 0. The van der Waals surface area contributed by atoms with Gasteiger partial charge in [0.1, 0.15) is 0 Å². The number of nitrogens with one attached hydrogen (secondary N) is 1. The van der Waals surface area contributed by atoms with Gasteiger partial charge >= 0.3 is 5.69 Å². The van der Waals surface area contributed by atoms with Gasteiger partial charge in [0.05, 0.1) is 16.6 Å². The molecule has 4 nitrogen and oxygen atoms in total. The average molecular weight is 251 g/mol. The van der Waals surface area contributed by atoms with Gasteiger partial charge in [0.25, 0.3) is 5.56 Å². The maximum atomic E-state index is 12.0. The number of fused-ring (bicyclic) bond motifs is 1. The Balaban J connectivity index is 2.44. The van der Waals surface area contributed by atoms with E-state index in [-0.39, 0.29) is 5.56 Å². The summed E-state index contributed by atoms with van der Waals surface area (Å²) in [4.78, 5) is 26.1. The highest BCUT2D eigenvalue weighted by Crippen LogP contribution is 2.13. The molecule has 1 N–H and O–H groups in total. The van der Waals surface area contributed by atoms with Crippen LogP contribution in [0.3, 0.4) is 0 Å². The molecule has 0 aliphatic heterocycles. The first kappa shape index (κ1) is 11.5. The predicted molar refractivity (Wildman–Crippen MR) is 74.6 cm³/mol. The van der Waals surface area contributed by atoms with Crippen molar-refractivity contribution in [2.75, 3.05) is 0 Å². The van der Waals surface area contributed by atoms with Crippen molar-refractivity contribution in [3.05, 3.63) is 81.9 Å². The molecule has 0 saturated heterocycles. The molecule has 19 heavy (non-hydrogen) atoms. The second-order valence-electron chi connectivity index (χ2n) is 4.28. The largest absolute Gasteiger partial charge is 0.333 e. The molecule has 0 aliphatic carbocycles. The van der Waals surface area contributed by atoms with Crippen molar-refractivity contribution in [2.24, 2.45) is 0 Å². The second-order valence-corrected chi connectivity index (χ2v) is 4.28. The van der Waals surface area contributed by atoms with Crippen molar-refractivity contribution in [3.8, 4) is 5.69 Å². The molecule has 1 radical (unpaired) electrons. The molecule has 1 aromatic heterocycles. The molecule has 1 heterocycles. The van der Waals surface area contributed by atoms with Gasteiger partial charge in [-0.05, 0) is 36.8 Å². The van der Waals surface area contributed by atoms with Crippen LogP contribution in [0.25, 0.3) is 16.6 Å². The van der Waals surface area contributed by atoms with Gasteiger partial charge in [0, 0.05) is 0 Å². The number of nitrogens with zero attached hydrogens (tertiary/aromatic N) is 1. The Hall–Kier alpha value is -2.62. The lowest BCUT2D eigenvalue weighted by Gasteiger charge is -2.09. The lowest BCUT2D eigenvalue weighted by Crippen LogP contribution is -2.29. The summed E-state index contributed by atoms with van der Waals surface area (Å²) < 4.78 is 1.48. The molecule has 0 unspecified atom stereocenters. The fraction of sp³-hybridized carbons (Fsp3) is 0. The Kier molecular flexibility index (Phi) is 2.56. The van der Waals surface area contributed by atoms with Gasteiger partial charge in [-0.1, -0.05) is 24.3 Å². The summed E-state index contributed by atoms with van der Waals surface area (Å²) >= 11 is 0. The van der Waals surface area contributed by atoms with Crippen molar-refractivity contribution < 1.29 is 0 Å². The first-order chi connectivity index (χ1) is 9.16. The Morgan fingerprint density at radius 3 is 2.37 bits per heavy atom. The fourth-order valence-electron chi connectivity index (χ4n) is 2.09. The third-order valence-electron chi connectivity index (χ3n) is 3.01. The van der Waals surface area contributed by atoms with Crippen LogP contribution in [0.15, 0.2) is 58.1 Å². The number of aromatic nitrogens is 2. The zero-order chi connectivity index (χ0) is 13.4. The van der Waals surface area contributed by atoms with Gasteiger partial charge in [-0.3, -0.25) is 14.3 Å². The molecule has 0 saturated carbocycles. The van der Waals surface area contributed by atoms with Crippen LogP contribution in [0.5, 0.6) is 0 Å². The molecule has 93 valence electrons. The number of hydrogen-bond donors (Lipinski definition) is 1. The number of aromatic amines is 1. The molecule has 2 aromatic carbocycles. The van der Waals surface area contributed by atoms with E-state index in [1.54, 1.807) is 36.4 Å². The topological polar surface area (TPSA) is 54.9 Å². The molecular weight excluding hydrogens is 240 g/mol. The van der Waals surface area contributed by atoms with Crippen LogP contribution in [-0.4, -0.2) is 9.55 Å². The molecule has 0 spiro atoms. The zero-order valence-electron chi connectivity index (χ0n) is 10.1. The Morgan fingerprint density at radius 2 is 1.63 bits per heavy atom. The maximum Gasteiger partial charge on any atom is 0.333 e. The summed E-state index contributed by atoms with van der Waals surface area (Å²) in [5.74, 6) is 0. The van der Waals surface area contributed by atoms with E-state index in [1.165, 1.54) is 4.57 Å². The van der Waals surface area contributed by atoms with E-state index in [0.717, 1.165) is 5.56 Å². The quantitative estimate of drug-likeness (QED) is 0.717. The van der Waals surface area contributed by atoms with Crippen LogP contribution >= 0.6 is 0 Å². The summed E-state index contributed by atoms with van der Waals surface area (Å²) in [5, 5.41) is 0.487. The highest BCUT2D eigenvalue weighted by Gasteiger charge is 2.07. The van der Waals surface area contributed by atoms with Gasteiger partial charge in [-0.2, -0.15) is 0 Å². The van der Waals surface area contributed by atoms with Crippen LogP contribution in [0.2, 0.25) is 0 Å². The highest BCUT2D eigenvalue weighted by molar-refractivity contribution is 5.79. The molecular formula is C15H11N2O2. The molecule has 0 aliphatic rings. The van der Waals surface area contributed by atoms with E-state index >= 15 is 0 Å². The fourth-order valence-corrected chi connectivity index (χ4v) is 2.09. The normalized spacial score (nSPS) is 10.8.